The molecule has 7 heteroatoms. The second-order valence-electron chi connectivity index (χ2n) is 3.03. The number of phenolic OH excluding ortho intramolecular Hbond substituents is 1. The lowest BCUT2D eigenvalue weighted by atomic mass is 10.0. The van der Waals surface area contributed by atoms with Crippen LogP contribution in [0.5, 0.6) is 11.5 Å². The Balaban J connectivity index is 3.32. The molecule has 0 bridgehead atoms. The van der Waals surface area contributed by atoms with Crippen molar-refractivity contribution >= 4 is 0 Å². The van der Waals surface area contributed by atoms with E-state index in [-0.39, 0.29) is 5.75 Å². The summed E-state index contributed by atoms with van der Waals surface area (Å²) < 4.78 is 54.6. The van der Waals surface area contributed by atoms with Gasteiger partial charge in [-0.2, -0.15) is 13.2 Å². The first-order valence-corrected chi connectivity index (χ1v) is 4.16. The van der Waals surface area contributed by atoms with E-state index in [1.807, 2.05) is 0 Å². The van der Waals surface area contributed by atoms with Gasteiger partial charge in [-0.15, -0.1) is 0 Å². The van der Waals surface area contributed by atoms with Crippen LogP contribution in [-0.2, 0) is 0 Å². The molecule has 0 heterocycles. The Labute approximate surface area is 88.4 Å². The number of hydrogen-bond donors (Lipinski definition) is 2. The molecule has 1 rings (SSSR count). The molecule has 16 heavy (non-hydrogen) atoms. The molecule has 0 amide bonds. The summed E-state index contributed by atoms with van der Waals surface area (Å²) in [5.74, 6) is -2.44. The smallest absolute Gasteiger partial charge is 0.407 e. The highest BCUT2D eigenvalue weighted by atomic mass is 19.4. The van der Waals surface area contributed by atoms with Gasteiger partial charge >= 0.3 is 6.18 Å². The molecule has 1 aromatic carbocycles. The van der Waals surface area contributed by atoms with E-state index in [2.05, 4.69) is 4.74 Å². The zero-order chi connectivity index (χ0) is 12.5. The van der Waals surface area contributed by atoms with E-state index < -0.39 is 29.3 Å². The molecule has 0 saturated carbocycles. The molecule has 0 unspecified atom stereocenters. The van der Waals surface area contributed by atoms with Gasteiger partial charge in [0.05, 0.1) is 12.7 Å². The lowest BCUT2D eigenvalue weighted by Crippen LogP contribution is -2.29. The third-order valence-corrected chi connectivity index (χ3v) is 2.01. The number of aromatic hydroxyl groups is 1. The summed E-state index contributed by atoms with van der Waals surface area (Å²) in [7, 11) is 1.13. The van der Waals surface area contributed by atoms with Crippen LogP contribution in [0.4, 0.5) is 17.6 Å². The number of nitrogens with two attached hydrogens (primary N) is 1. The van der Waals surface area contributed by atoms with E-state index in [9.17, 15) is 22.7 Å². The normalized spacial score (nSPS) is 13.6. The zero-order valence-corrected chi connectivity index (χ0v) is 8.18. The fraction of sp³-hybridized carbons (Fsp3) is 0.333. The number of phenols is 1. The molecule has 3 N–H and O–H groups in total. The van der Waals surface area contributed by atoms with Crippen LogP contribution >= 0.6 is 0 Å². The summed E-state index contributed by atoms with van der Waals surface area (Å²) in [6, 6.07) is -0.834. The van der Waals surface area contributed by atoms with Crippen LogP contribution in [0, 0.1) is 5.82 Å². The summed E-state index contributed by atoms with van der Waals surface area (Å²) in [5, 5.41) is 9.36. The standard InChI is InChI=1S/C9H9F4NO2/c1-16-5-3-2-4(10)6(7(5)15)8(14)9(11,12)13/h2-3,8,15H,14H2,1H3/t8-/m0/s1. The van der Waals surface area contributed by atoms with Crippen molar-refractivity contribution in [1.82, 2.24) is 0 Å². The predicted molar refractivity (Wildman–Crippen MR) is 47.6 cm³/mol. The number of rotatable bonds is 2. The Kier molecular flexibility index (Phi) is 3.27. The van der Waals surface area contributed by atoms with E-state index in [1.54, 1.807) is 0 Å². The second-order valence-corrected chi connectivity index (χ2v) is 3.03. The van der Waals surface area contributed by atoms with Crippen LogP contribution in [0.1, 0.15) is 11.6 Å². The summed E-state index contributed by atoms with van der Waals surface area (Å²) in [6.45, 7) is 0. The molecule has 0 aliphatic rings. The molecule has 0 aromatic heterocycles. The molecule has 1 aromatic rings. The predicted octanol–water partition coefficient (Wildman–Crippen LogP) is 2.10. The minimum Gasteiger partial charge on any atom is -0.504 e. The second kappa shape index (κ2) is 4.17. The van der Waals surface area contributed by atoms with Gasteiger partial charge < -0.3 is 15.6 Å². The van der Waals surface area contributed by atoms with Gasteiger partial charge in [0.2, 0.25) is 0 Å². The van der Waals surface area contributed by atoms with Crippen LogP contribution in [0.15, 0.2) is 12.1 Å². The maximum atomic E-state index is 13.2. The molecule has 0 fully saturated rings. The van der Waals surface area contributed by atoms with E-state index in [0.29, 0.717) is 0 Å². The molecule has 3 nitrogen and oxygen atoms in total. The zero-order valence-electron chi connectivity index (χ0n) is 8.18. The van der Waals surface area contributed by atoms with Crippen molar-refractivity contribution in [3.05, 3.63) is 23.5 Å². The van der Waals surface area contributed by atoms with Crippen molar-refractivity contribution in [1.29, 1.82) is 0 Å². The quantitative estimate of drug-likeness (QED) is 0.777. The molecular formula is C9H9F4NO2. The minimum absolute atomic E-state index is 0.267. The van der Waals surface area contributed by atoms with Crippen LogP contribution in [0.25, 0.3) is 0 Å². The first kappa shape index (κ1) is 12.6. The molecule has 0 aliphatic heterocycles. The van der Waals surface area contributed by atoms with Gasteiger partial charge in [0.25, 0.3) is 0 Å². The molecular weight excluding hydrogens is 230 g/mol. The number of halogens is 4. The van der Waals surface area contributed by atoms with Crippen LogP contribution in [0.2, 0.25) is 0 Å². The van der Waals surface area contributed by atoms with Crippen LogP contribution in [-0.4, -0.2) is 18.4 Å². The fourth-order valence-electron chi connectivity index (χ4n) is 1.19. The Morgan fingerprint density at radius 2 is 1.94 bits per heavy atom. The van der Waals surface area contributed by atoms with Crippen molar-refractivity contribution in [2.24, 2.45) is 5.73 Å². The monoisotopic (exact) mass is 239 g/mol. The lowest BCUT2D eigenvalue weighted by Gasteiger charge is -2.18. The highest BCUT2D eigenvalue weighted by Gasteiger charge is 2.41. The molecule has 0 aliphatic carbocycles. The highest BCUT2D eigenvalue weighted by molar-refractivity contribution is 5.48. The Morgan fingerprint density at radius 3 is 2.38 bits per heavy atom. The van der Waals surface area contributed by atoms with Gasteiger partial charge in [0.1, 0.15) is 11.9 Å². The van der Waals surface area contributed by atoms with E-state index in [4.69, 9.17) is 5.73 Å². The van der Waals surface area contributed by atoms with Gasteiger partial charge in [-0.1, -0.05) is 0 Å². The lowest BCUT2D eigenvalue weighted by molar-refractivity contribution is -0.150. The number of methoxy groups -OCH3 is 1. The number of ether oxygens (including phenoxy) is 1. The third kappa shape index (κ3) is 2.19. The molecule has 90 valence electrons. The number of benzene rings is 1. The van der Waals surface area contributed by atoms with E-state index >= 15 is 0 Å². The molecule has 0 saturated heterocycles. The SMILES string of the molecule is COc1ccc(F)c([C@H](N)C(F)(F)F)c1O. The maximum absolute atomic E-state index is 13.2. The van der Waals surface area contributed by atoms with Crippen LogP contribution < -0.4 is 10.5 Å². The van der Waals surface area contributed by atoms with Crippen molar-refractivity contribution in [3.8, 4) is 11.5 Å². The Bertz CT molecular complexity index is 392. The number of hydrogen-bond acceptors (Lipinski definition) is 3. The Morgan fingerprint density at radius 1 is 1.38 bits per heavy atom. The first-order chi connectivity index (χ1) is 7.29. The molecule has 0 spiro atoms. The maximum Gasteiger partial charge on any atom is 0.407 e. The van der Waals surface area contributed by atoms with Crippen molar-refractivity contribution < 1.29 is 27.4 Å². The van der Waals surface area contributed by atoms with Gasteiger partial charge in [-0.05, 0) is 12.1 Å². The Hall–Kier alpha value is -1.50. The minimum atomic E-state index is -4.84. The van der Waals surface area contributed by atoms with Crippen molar-refractivity contribution in [2.45, 2.75) is 12.2 Å². The molecule has 1 atom stereocenters. The summed E-state index contributed by atoms with van der Waals surface area (Å²) in [4.78, 5) is 0. The van der Waals surface area contributed by atoms with Gasteiger partial charge in [-0.25, -0.2) is 4.39 Å². The highest BCUT2D eigenvalue weighted by Crippen LogP contribution is 2.40. The van der Waals surface area contributed by atoms with Crippen LogP contribution in [0.3, 0.4) is 0 Å². The van der Waals surface area contributed by atoms with E-state index in [0.717, 1.165) is 19.2 Å². The van der Waals surface area contributed by atoms with Gasteiger partial charge in [-0.3, -0.25) is 0 Å². The average molecular weight is 239 g/mol. The van der Waals surface area contributed by atoms with Crippen molar-refractivity contribution in [3.63, 3.8) is 0 Å². The van der Waals surface area contributed by atoms with E-state index in [1.165, 1.54) is 0 Å². The largest absolute Gasteiger partial charge is 0.504 e. The van der Waals surface area contributed by atoms with Crippen molar-refractivity contribution in [2.75, 3.05) is 7.11 Å². The average Bonchev–Trinajstić information content (AvgIpc) is 2.16. The third-order valence-electron chi connectivity index (χ3n) is 2.01. The molecule has 0 radical (unpaired) electrons. The van der Waals surface area contributed by atoms with Gasteiger partial charge in [0.15, 0.2) is 11.5 Å². The number of alkyl halides is 3. The fourth-order valence-corrected chi connectivity index (χ4v) is 1.19. The summed E-state index contributed by atoms with van der Waals surface area (Å²) >= 11 is 0. The summed E-state index contributed by atoms with van der Waals surface area (Å²) in [6.07, 6.45) is -4.84. The van der Waals surface area contributed by atoms with Gasteiger partial charge in [0, 0.05) is 0 Å². The summed E-state index contributed by atoms with van der Waals surface area (Å²) in [5.41, 5.74) is 3.80. The topological polar surface area (TPSA) is 55.5 Å². The first-order valence-electron chi connectivity index (χ1n) is 4.16.